The minimum absolute atomic E-state index is 0.0545. The molecular weight excluding hydrogens is 417 g/mol. The largest absolute Gasteiger partial charge is 0.478 e. The van der Waals surface area contributed by atoms with E-state index >= 15 is 0 Å². The molecule has 3 rings (SSSR count). The van der Waals surface area contributed by atoms with Crippen LogP contribution in [0.2, 0.25) is 0 Å². The number of aromatic nitrogens is 1. The summed E-state index contributed by atoms with van der Waals surface area (Å²) in [5.74, 6) is -2.61. The average molecular weight is 425 g/mol. The fourth-order valence-corrected chi connectivity index (χ4v) is 3.11. The van der Waals surface area contributed by atoms with E-state index in [0.717, 1.165) is 10.6 Å². The number of nitrogens with two attached hydrogens (primary N) is 1. The Morgan fingerprint density at radius 2 is 1.87 bits per heavy atom. The van der Waals surface area contributed by atoms with Crippen molar-refractivity contribution in [2.45, 2.75) is 0 Å². The van der Waals surface area contributed by atoms with E-state index in [4.69, 9.17) is 10.8 Å². The van der Waals surface area contributed by atoms with E-state index in [2.05, 4.69) is 5.32 Å². The first-order chi connectivity index (χ1) is 10.8. The highest BCUT2D eigenvalue weighted by atomic mass is 127. The lowest BCUT2D eigenvalue weighted by atomic mass is 10.1. The van der Waals surface area contributed by atoms with Gasteiger partial charge in [0.1, 0.15) is 5.82 Å². The van der Waals surface area contributed by atoms with Gasteiger partial charge in [0.2, 0.25) is 0 Å². The molecule has 0 unspecified atom stereocenters. The molecule has 4 N–H and O–H groups in total. The van der Waals surface area contributed by atoms with Gasteiger partial charge < -0.3 is 10.8 Å². The molecule has 23 heavy (non-hydrogen) atoms. The van der Waals surface area contributed by atoms with Crippen molar-refractivity contribution in [1.82, 2.24) is 9.88 Å². The van der Waals surface area contributed by atoms with Crippen molar-refractivity contribution in [3.63, 3.8) is 0 Å². The molecule has 0 bridgehead atoms. The maximum absolute atomic E-state index is 12.3. The molecule has 0 fully saturated rings. The Bertz CT molecular complexity index is 964. The number of nitrogens with one attached hydrogen (secondary N) is 1. The number of carbonyl (C=O) groups excluding carboxylic acids is 2. The normalized spacial score (nSPS) is 12.9. The highest BCUT2D eigenvalue weighted by Crippen LogP contribution is 2.25. The number of hydrogen-bond acceptors (Lipinski definition) is 5. The number of fused-ring (bicyclic) bond motifs is 1. The second-order valence-electron chi connectivity index (χ2n) is 4.75. The molecule has 1 aromatic carbocycles. The van der Waals surface area contributed by atoms with Gasteiger partial charge in [-0.3, -0.25) is 24.3 Å². The van der Waals surface area contributed by atoms with Crippen LogP contribution in [0.15, 0.2) is 29.1 Å². The van der Waals surface area contributed by atoms with Crippen LogP contribution in [0, 0.1) is 3.57 Å². The van der Waals surface area contributed by atoms with E-state index in [9.17, 15) is 19.2 Å². The molecule has 0 saturated heterocycles. The molecule has 116 valence electrons. The number of halogens is 1. The van der Waals surface area contributed by atoms with Crippen molar-refractivity contribution < 1.29 is 19.5 Å². The number of pyridine rings is 1. The summed E-state index contributed by atoms with van der Waals surface area (Å²) in [5.41, 5.74) is 5.58. The smallest absolute Gasteiger partial charge is 0.335 e. The van der Waals surface area contributed by atoms with Crippen molar-refractivity contribution in [2.24, 2.45) is 0 Å². The molecule has 2 heterocycles. The Labute approximate surface area is 142 Å². The number of aromatic carboxylic acids is 1. The van der Waals surface area contributed by atoms with Crippen LogP contribution in [0.5, 0.6) is 0 Å². The van der Waals surface area contributed by atoms with E-state index < -0.39 is 23.3 Å². The quantitative estimate of drug-likeness (QED) is 0.477. The molecule has 0 saturated carbocycles. The Balaban J connectivity index is 2.29. The van der Waals surface area contributed by atoms with Crippen LogP contribution in [-0.4, -0.2) is 27.5 Å². The SMILES string of the molecule is Nc1c2c(cc(=O)n1-c1ccc(C(=O)O)cc1I)C(=O)NC2=O. The molecule has 1 aromatic heterocycles. The molecule has 2 aromatic rings. The molecule has 0 spiro atoms. The lowest BCUT2D eigenvalue weighted by Crippen LogP contribution is -2.24. The van der Waals surface area contributed by atoms with Crippen LogP contribution >= 0.6 is 22.6 Å². The molecular formula is C14H8IN3O5. The van der Waals surface area contributed by atoms with E-state index in [-0.39, 0.29) is 22.5 Å². The highest BCUT2D eigenvalue weighted by Gasteiger charge is 2.32. The molecule has 8 nitrogen and oxygen atoms in total. The van der Waals surface area contributed by atoms with Crippen LogP contribution < -0.4 is 16.6 Å². The van der Waals surface area contributed by atoms with Gasteiger partial charge in [0, 0.05) is 9.64 Å². The number of rotatable bonds is 2. The molecule has 0 radical (unpaired) electrons. The van der Waals surface area contributed by atoms with E-state index in [1.165, 1.54) is 18.2 Å². The van der Waals surface area contributed by atoms with Gasteiger partial charge in [-0.15, -0.1) is 0 Å². The maximum Gasteiger partial charge on any atom is 0.335 e. The van der Waals surface area contributed by atoms with E-state index in [0.29, 0.717) is 9.26 Å². The van der Waals surface area contributed by atoms with Crippen LogP contribution in [0.4, 0.5) is 5.82 Å². The fourth-order valence-electron chi connectivity index (χ4n) is 2.35. The second kappa shape index (κ2) is 5.19. The standard InChI is InChI=1S/C14H8IN3O5/c15-7-3-5(14(22)23)1-2-8(7)18-9(19)4-6-10(11(18)16)13(21)17-12(6)20/h1-4H,16H2,(H,22,23)(H,17,20,21). The fraction of sp³-hybridized carbons (Fsp3) is 0. The minimum atomic E-state index is -1.10. The zero-order chi connectivity index (χ0) is 16.9. The van der Waals surface area contributed by atoms with Crippen molar-refractivity contribution in [3.8, 4) is 5.69 Å². The minimum Gasteiger partial charge on any atom is -0.478 e. The van der Waals surface area contributed by atoms with E-state index in [1.54, 1.807) is 0 Å². The number of hydrogen-bond donors (Lipinski definition) is 3. The van der Waals surface area contributed by atoms with E-state index in [1.807, 2.05) is 22.6 Å². The predicted octanol–water partition coefficient (Wildman–Crippen LogP) is 0.606. The van der Waals surface area contributed by atoms with Gasteiger partial charge in [-0.2, -0.15) is 0 Å². The van der Waals surface area contributed by atoms with Gasteiger partial charge in [0.25, 0.3) is 17.4 Å². The lowest BCUT2D eigenvalue weighted by Gasteiger charge is -2.13. The molecule has 2 amide bonds. The summed E-state index contributed by atoms with van der Waals surface area (Å²) < 4.78 is 1.53. The Morgan fingerprint density at radius 3 is 2.48 bits per heavy atom. The number of nitrogens with zero attached hydrogens (tertiary/aromatic N) is 1. The number of anilines is 1. The van der Waals surface area contributed by atoms with Crippen LogP contribution in [0.1, 0.15) is 31.1 Å². The summed E-state index contributed by atoms with van der Waals surface area (Å²) in [6, 6.07) is 5.16. The molecule has 0 atom stereocenters. The van der Waals surface area contributed by atoms with Gasteiger partial charge in [-0.1, -0.05) is 0 Å². The van der Waals surface area contributed by atoms with Gasteiger partial charge >= 0.3 is 5.97 Å². The Kier molecular flexibility index (Phi) is 3.43. The van der Waals surface area contributed by atoms with Crippen molar-refractivity contribution >= 4 is 46.2 Å². The zero-order valence-electron chi connectivity index (χ0n) is 11.3. The number of carbonyl (C=O) groups is 3. The highest BCUT2D eigenvalue weighted by molar-refractivity contribution is 14.1. The third kappa shape index (κ3) is 2.29. The number of carboxylic acids is 1. The number of benzene rings is 1. The second-order valence-corrected chi connectivity index (χ2v) is 5.91. The van der Waals surface area contributed by atoms with Crippen LogP contribution in [0.25, 0.3) is 5.69 Å². The monoisotopic (exact) mass is 425 g/mol. The average Bonchev–Trinajstić information content (AvgIpc) is 2.75. The maximum atomic E-state index is 12.3. The van der Waals surface area contributed by atoms with Gasteiger partial charge in [0.15, 0.2) is 0 Å². The molecule has 1 aliphatic rings. The number of nitrogen functional groups attached to an aromatic ring is 1. The van der Waals surface area contributed by atoms with Crippen molar-refractivity contribution in [3.05, 3.63) is 54.9 Å². The van der Waals surface area contributed by atoms with Gasteiger partial charge in [0.05, 0.1) is 22.4 Å². The van der Waals surface area contributed by atoms with Gasteiger partial charge in [-0.05, 0) is 40.8 Å². The summed E-state index contributed by atoms with van der Waals surface area (Å²) in [4.78, 5) is 46.7. The molecule has 1 aliphatic heterocycles. The first-order valence-corrected chi connectivity index (χ1v) is 7.33. The molecule has 0 aliphatic carbocycles. The summed E-state index contributed by atoms with van der Waals surface area (Å²) in [6.45, 7) is 0. The van der Waals surface area contributed by atoms with Crippen LogP contribution in [-0.2, 0) is 0 Å². The topological polar surface area (TPSA) is 131 Å². The lowest BCUT2D eigenvalue weighted by molar-refractivity contribution is 0.0696. The summed E-state index contributed by atoms with van der Waals surface area (Å²) >= 11 is 1.87. The van der Waals surface area contributed by atoms with Gasteiger partial charge in [-0.25, -0.2) is 4.79 Å². The summed E-state index contributed by atoms with van der Waals surface area (Å²) in [5, 5.41) is 11.1. The van der Waals surface area contributed by atoms with Crippen LogP contribution in [0.3, 0.4) is 0 Å². The third-order valence-corrected chi connectivity index (χ3v) is 4.25. The third-order valence-electron chi connectivity index (χ3n) is 3.39. The Morgan fingerprint density at radius 1 is 1.17 bits per heavy atom. The van der Waals surface area contributed by atoms with Crippen molar-refractivity contribution in [2.75, 3.05) is 5.73 Å². The first-order valence-electron chi connectivity index (χ1n) is 6.25. The number of carboxylic acid groups (broad SMARTS) is 1. The zero-order valence-corrected chi connectivity index (χ0v) is 13.4. The Hall–Kier alpha value is -2.69. The molecule has 9 heteroatoms. The number of amides is 2. The summed E-state index contributed by atoms with van der Waals surface area (Å²) in [7, 11) is 0. The predicted molar refractivity (Wildman–Crippen MR) is 87.9 cm³/mol. The van der Waals surface area contributed by atoms with Crippen molar-refractivity contribution in [1.29, 1.82) is 0 Å². The number of imide groups is 1. The summed E-state index contributed by atoms with van der Waals surface area (Å²) in [6.07, 6.45) is 0. The first kappa shape index (κ1) is 15.2.